The summed E-state index contributed by atoms with van der Waals surface area (Å²) in [7, 11) is 3.80. The molecule has 1 rings (SSSR count). The van der Waals surface area contributed by atoms with Crippen LogP contribution in [0.3, 0.4) is 0 Å². The molecule has 0 bridgehead atoms. The van der Waals surface area contributed by atoms with Crippen molar-refractivity contribution in [2.45, 2.75) is 0 Å². The number of pyridine rings is 1. The Balaban J connectivity index is 0.00000289. The Morgan fingerprint density at radius 2 is 2.22 bits per heavy atom. The van der Waals surface area contributed by atoms with Gasteiger partial charge in [0.25, 0.3) is 0 Å². The molecule has 0 atom stereocenters. The smallest absolute Gasteiger partial charge is 0.239 e. The summed E-state index contributed by atoms with van der Waals surface area (Å²) in [6.45, 7) is 2.05. The van der Waals surface area contributed by atoms with E-state index in [-0.39, 0.29) is 18.3 Å². The first-order valence-corrected chi connectivity index (χ1v) is 6.15. The van der Waals surface area contributed by atoms with Crippen molar-refractivity contribution in [3.8, 4) is 0 Å². The SMILES string of the molecule is CNCCN(C)CC(=O)Nc1ccc(Br)cn1.Cl. The number of anilines is 1. The fourth-order valence-electron chi connectivity index (χ4n) is 1.26. The van der Waals surface area contributed by atoms with E-state index in [0.717, 1.165) is 17.6 Å². The monoisotopic (exact) mass is 336 g/mol. The lowest BCUT2D eigenvalue weighted by atomic mass is 10.4. The number of carbonyl (C=O) groups excluding carboxylic acids is 1. The van der Waals surface area contributed by atoms with E-state index in [1.54, 1.807) is 12.3 Å². The predicted octanol–water partition coefficient (Wildman–Crippen LogP) is 1.36. The quantitative estimate of drug-likeness (QED) is 0.823. The van der Waals surface area contributed by atoms with Gasteiger partial charge in [-0.15, -0.1) is 12.4 Å². The molecule has 0 aliphatic carbocycles. The van der Waals surface area contributed by atoms with Gasteiger partial charge < -0.3 is 10.6 Å². The molecule has 1 heterocycles. The van der Waals surface area contributed by atoms with Crippen LogP contribution in [0.1, 0.15) is 0 Å². The highest BCUT2D eigenvalue weighted by Crippen LogP contribution is 2.10. The topological polar surface area (TPSA) is 57.3 Å². The number of aromatic nitrogens is 1. The zero-order valence-corrected chi connectivity index (χ0v) is 12.8. The lowest BCUT2D eigenvalue weighted by Crippen LogP contribution is -2.34. The van der Waals surface area contributed by atoms with Crippen molar-refractivity contribution in [1.29, 1.82) is 0 Å². The number of nitrogens with one attached hydrogen (secondary N) is 2. The van der Waals surface area contributed by atoms with Crippen LogP contribution in [0.5, 0.6) is 0 Å². The van der Waals surface area contributed by atoms with Gasteiger partial charge in [-0.25, -0.2) is 4.98 Å². The molecule has 2 N–H and O–H groups in total. The second kappa shape index (κ2) is 9.27. The van der Waals surface area contributed by atoms with Crippen LogP contribution in [0, 0.1) is 0 Å². The Labute approximate surface area is 122 Å². The van der Waals surface area contributed by atoms with E-state index in [4.69, 9.17) is 0 Å². The van der Waals surface area contributed by atoms with Crippen LogP contribution >= 0.6 is 28.3 Å². The predicted molar refractivity (Wildman–Crippen MR) is 79.2 cm³/mol. The van der Waals surface area contributed by atoms with Crippen LogP contribution in [-0.2, 0) is 4.79 Å². The van der Waals surface area contributed by atoms with Gasteiger partial charge in [0.2, 0.25) is 5.91 Å². The first kappa shape index (κ1) is 17.3. The second-order valence-corrected chi connectivity index (χ2v) is 4.67. The number of nitrogens with zero attached hydrogens (tertiary/aromatic N) is 2. The summed E-state index contributed by atoms with van der Waals surface area (Å²) < 4.78 is 0.890. The normalized spacial score (nSPS) is 10.0. The summed E-state index contributed by atoms with van der Waals surface area (Å²) in [5.41, 5.74) is 0. The lowest BCUT2D eigenvalue weighted by molar-refractivity contribution is -0.117. The number of likely N-dealkylation sites (N-methyl/N-ethyl adjacent to an activating group) is 2. The molecule has 0 aliphatic rings. The Bertz CT molecular complexity index is 361. The van der Waals surface area contributed by atoms with E-state index >= 15 is 0 Å². The van der Waals surface area contributed by atoms with Gasteiger partial charge in [-0.3, -0.25) is 9.69 Å². The summed E-state index contributed by atoms with van der Waals surface area (Å²) in [6, 6.07) is 3.60. The minimum absolute atomic E-state index is 0. The van der Waals surface area contributed by atoms with Crippen molar-refractivity contribution in [1.82, 2.24) is 15.2 Å². The van der Waals surface area contributed by atoms with E-state index in [9.17, 15) is 4.79 Å². The molecule has 18 heavy (non-hydrogen) atoms. The molecule has 0 unspecified atom stereocenters. The van der Waals surface area contributed by atoms with Crippen LogP contribution in [0.15, 0.2) is 22.8 Å². The fourth-order valence-corrected chi connectivity index (χ4v) is 1.49. The first-order chi connectivity index (χ1) is 8.11. The van der Waals surface area contributed by atoms with Gasteiger partial charge >= 0.3 is 0 Å². The average Bonchev–Trinajstić information content (AvgIpc) is 2.29. The minimum Gasteiger partial charge on any atom is -0.318 e. The number of hydrogen-bond donors (Lipinski definition) is 2. The lowest BCUT2D eigenvalue weighted by Gasteiger charge is -2.15. The molecular formula is C11H18BrClN4O. The van der Waals surface area contributed by atoms with Gasteiger partial charge in [0.1, 0.15) is 5.82 Å². The molecule has 1 aromatic heterocycles. The third-order valence-electron chi connectivity index (χ3n) is 2.15. The summed E-state index contributed by atoms with van der Waals surface area (Å²) in [5, 5.41) is 5.78. The van der Waals surface area contributed by atoms with Crippen LogP contribution in [0.2, 0.25) is 0 Å². The first-order valence-electron chi connectivity index (χ1n) is 5.36. The number of amides is 1. The third-order valence-corrected chi connectivity index (χ3v) is 2.62. The maximum atomic E-state index is 11.6. The maximum Gasteiger partial charge on any atom is 0.239 e. The molecule has 1 amide bonds. The van der Waals surface area contributed by atoms with Gasteiger partial charge in [-0.05, 0) is 42.2 Å². The van der Waals surface area contributed by atoms with E-state index in [1.165, 1.54) is 0 Å². The molecule has 0 saturated carbocycles. The van der Waals surface area contributed by atoms with Crippen molar-refractivity contribution >= 4 is 40.1 Å². The summed E-state index contributed by atoms with van der Waals surface area (Å²) in [5.74, 6) is 0.513. The summed E-state index contributed by atoms with van der Waals surface area (Å²) in [6.07, 6.45) is 1.65. The van der Waals surface area contributed by atoms with Gasteiger partial charge in [0.15, 0.2) is 0 Å². The van der Waals surface area contributed by atoms with Crippen molar-refractivity contribution in [3.63, 3.8) is 0 Å². The van der Waals surface area contributed by atoms with Crippen molar-refractivity contribution in [3.05, 3.63) is 22.8 Å². The highest BCUT2D eigenvalue weighted by atomic mass is 79.9. The molecule has 5 nitrogen and oxygen atoms in total. The zero-order chi connectivity index (χ0) is 12.7. The third kappa shape index (κ3) is 6.90. The second-order valence-electron chi connectivity index (χ2n) is 3.75. The van der Waals surface area contributed by atoms with Crippen molar-refractivity contribution in [2.24, 2.45) is 0 Å². The van der Waals surface area contributed by atoms with E-state index < -0.39 is 0 Å². The Kier molecular flexibility index (Phi) is 8.91. The molecule has 0 fully saturated rings. The summed E-state index contributed by atoms with van der Waals surface area (Å²) >= 11 is 3.29. The molecule has 0 spiro atoms. The number of hydrogen-bond acceptors (Lipinski definition) is 4. The van der Waals surface area contributed by atoms with Crippen LogP contribution in [0.25, 0.3) is 0 Å². The highest BCUT2D eigenvalue weighted by molar-refractivity contribution is 9.10. The van der Waals surface area contributed by atoms with Crippen LogP contribution in [0.4, 0.5) is 5.82 Å². The molecule has 7 heteroatoms. The standard InChI is InChI=1S/C11H17BrN4O.ClH/c1-13-5-6-16(2)8-11(17)15-10-4-3-9(12)7-14-10;/h3-4,7,13H,5-6,8H2,1-2H3,(H,14,15,17);1H. The van der Waals surface area contributed by atoms with Crippen molar-refractivity contribution in [2.75, 3.05) is 39.0 Å². The Morgan fingerprint density at radius 1 is 1.50 bits per heavy atom. The van der Waals surface area contributed by atoms with Gasteiger partial charge in [0.05, 0.1) is 6.54 Å². The largest absolute Gasteiger partial charge is 0.318 e. The molecule has 1 aromatic rings. The molecule has 0 saturated heterocycles. The zero-order valence-electron chi connectivity index (χ0n) is 10.4. The minimum atomic E-state index is -0.0570. The van der Waals surface area contributed by atoms with E-state index in [1.807, 2.05) is 25.1 Å². The van der Waals surface area contributed by atoms with Gasteiger partial charge in [-0.2, -0.15) is 0 Å². The summed E-state index contributed by atoms with van der Waals surface area (Å²) in [4.78, 5) is 17.7. The van der Waals surface area contributed by atoms with E-state index in [2.05, 4.69) is 31.5 Å². The number of halogens is 2. The molecule has 102 valence electrons. The van der Waals surface area contributed by atoms with Gasteiger partial charge in [-0.1, -0.05) is 0 Å². The number of rotatable bonds is 6. The average molecular weight is 338 g/mol. The maximum absolute atomic E-state index is 11.6. The molecule has 0 aliphatic heterocycles. The Hall–Kier alpha value is -0.690. The van der Waals surface area contributed by atoms with Crippen LogP contribution in [-0.4, -0.2) is 49.5 Å². The fraction of sp³-hybridized carbons (Fsp3) is 0.455. The molecule has 0 radical (unpaired) electrons. The van der Waals surface area contributed by atoms with E-state index in [0.29, 0.717) is 12.4 Å². The van der Waals surface area contributed by atoms with Crippen molar-refractivity contribution < 1.29 is 4.79 Å². The van der Waals surface area contributed by atoms with Crippen LogP contribution < -0.4 is 10.6 Å². The highest BCUT2D eigenvalue weighted by Gasteiger charge is 2.06. The molecule has 0 aromatic carbocycles. The molecular weight excluding hydrogens is 320 g/mol. The Morgan fingerprint density at radius 3 is 2.78 bits per heavy atom. The van der Waals surface area contributed by atoms with Gasteiger partial charge in [0, 0.05) is 23.8 Å². The number of carbonyl (C=O) groups is 1.